The minimum Gasteiger partial charge on any atom is -1.00 e. The topological polar surface area (TPSA) is 245 Å². The van der Waals surface area contributed by atoms with Crippen molar-refractivity contribution < 1.29 is 143 Å². The molecule has 11 rings (SSSR count). The predicted octanol–water partition coefficient (Wildman–Crippen LogP) is -5.62. The number of hydrogen-bond acceptors (Lipinski definition) is 9. The van der Waals surface area contributed by atoms with Crippen molar-refractivity contribution in [2.45, 2.75) is 90.4 Å². The third-order valence-electron chi connectivity index (χ3n) is 16.6. The Labute approximate surface area is 482 Å². The Hall–Kier alpha value is -3.08. The van der Waals surface area contributed by atoms with Gasteiger partial charge in [-0.25, -0.2) is 0 Å². The number of hydrogen-bond donors (Lipinski definition) is 9. The van der Waals surface area contributed by atoms with Crippen LogP contribution in [0.1, 0.15) is 135 Å². The molecule has 4 aromatic carbocycles. The average molecular weight is 1300 g/mol. The van der Waals surface area contributed by atoms with E-state index in [-0.39, 0.29) is 125 Å². The maximum absolute atomic E-state index is 11.1. The number of piperazine rings is 6. The molecule has 0 unspecified atom stereocenters. The van der Waals surface area contributed by atoms with Crippen molar-refractivity contribution in [3.05, 3.63) is 93.0 Å². The number of fused-ring (bicyclic) bond motifs is 14. The molecule has 4 aromatic rings. The van der Waals surface area contributed by atoms with Gasteiger partial charge < -0.3 is 143 Å². The highest BCUT2D eigenvalue weighted by atomic mass is 79.9. The van der Waals surface area contributed by atoms with E-state index in [0.717, 1.165) is 6.42 Å². The highest BCUT2D eigenvalue weighted by Crippen LogP contribution is 2.51. The molecule has 0 spiro atoms. The summed E-state index contributed by atoms with van der Waals surface area (Å²) >= 11 is 0. The van der Waals surface area contributed by atoms with Crippen molar-refractivity contribution in [2.75, 3.05) is 113 Å². The molecule has 13 N–H and O–H groups in total. The lowest BCUT2D eigenvalue weighted by molar-refractivity contribution is -1.06. The highest BCUT2D eigenvalue weighted by Gasteiger charge is 2.45. The molecule has 19 heteroatoms. The number of halogens is 4. The van der Waals surface area contributed by atoms with Crippen LogP contribution < -0.4 is 67.9 Å². The molecule has 74 heavy (non-hydrogen) atoms. The molecule has 6 fully saturated rings. The van der Waals surface area contributed by atoms with E-state index < -0.39 is 23.7 Å². The van der Waals surface area contributed by atoms with Gasteiger partial charge in [-0.1, -0.05) is 34.6 Å². The Bertz CT molecular complexity index is 1950. The molecule has 7 aliphatic rings. The zero-order valence-electron chi connectivity index (χ0n) is 45.0. The van der Waals surface area contributed by atoms with Crippen LogP contribution in [-0.4, -0.2) is 188 Å². The lowest BCUT2D eigenvalue weighted by Crippen LogP contribution is -3.00. The first-order valence-electron chi connectivity index (χ1n) is 25.3. The van der Waals surface area contributed by atoms with Crippen LogP contribution in [0.4, 0.5) is 0 Å². The molecular formula is C55H88Br4N4O11. The minimum absolute atomic E-state index is 0. The molecule has 1 aliphatic carbocycles. The molecule has 6 aliphatic heterocycles. The second kappa shape index (κ2) is 29.1. The Balaban J connectivity index is 0.00000145. The molecule has 0 radical (unpaired) electrons. The molecule has 0 atom stereocenters. The second-order valence-electron chi connectivity index (χ2n) is 21.6. The summed E-state index contributed by atoms with van der Waals surface area (Å²) in [4.78, 5) is 0. The summed E-state index contributed by atoms with van der Waals surface area (Å²) in [6.45, 7) is 26.8. The molecular weight excluding hydrogens is 1210 g/mol. The van der Waals surface area contributed by atoms with Gasteiger partial charge in [0.2, 0.25) is 0 Å². The van der Waals surface area contributed by atoms with Gasteiger partial charge in [-0.3, -0.25) is 0 Å². The number of rotatable bonds is 5. The number of quaternary nitrogens is 4. The number of likely N-dealkylation sites (N-methyl/N-ethyl adjacent to an activating group) is 4. The first-order valence-corrected chi connectivity index (χ1v) is 25.3. The molecule has 0 aromatic heterocycles. The van der Waals surface area contributed by atoms with E-state index in [2.05, 4.69) is 28.2 Å². The van der Waals surface area contributed by atoms with E-state index >= 15 is 0 Å². The van der Waals surface area contributed by atoms with Crippen LogP contribution in [0.15, 0.2) is 48.5 Å². The van der Waals surface area contributed by atoms with Crippen LogP contribution in [0.25, 0.3) is 0 Å². The normalized spacial score (nSPS) is 26.5. The van der Waals surface area contributed by atoms with Gasteiger partial charge in [0.1, 0.15) is 125 Å². The van der Waals surface area contributed by atoms with Crippen molar-refractivity contribution in [1.82, 2.24) is 0 Å². The predicted molar refractivity (Wildman–Crippen MR) is 275 cm³/mol. The number of nitrogens with zero attached hydrogens (tertiary/aromatic N) is 4. The first kappa shape index (κ1) is 70.9. The first-order chi connectivity index (χ1) is 32.1. The molecule has 422 valence electrons. The molecule has 0 amide bonds. The van der Waals surface area contributed by atoms with Gasteiger partial charge in [0.05, 0.1) is 28.2 Å². The summed E-state index contributed by atoms with van der Waals surface area (Å²) in [5.74, 6) is -3.54. The average Bonchev–Trinajstić information content (AvgIpc) is 3.30. The van der Waals surface area contributed by atoms with E-state index in [1.807, 2.05) is 34.6 Å². The SMILES string of the molecule is CCC1c2cc(c(O)cc2O)C(CC)c2cc(c(O)cc2O)C(CC)c2cc(c(O)cc2O)C(CC)c2cc1c(O)cc2O.CCCO.C[N+]12CC[N+](C)(CC1)CC2.C[N+]12CC[N+](C)(CC1)CC2.O.O.[Br-].[Br-].[Br-].[Br-]. The number of phenolic OH excluding ortho intramolecular Hbond substituents is 8. The third-order valence-corrected chi connectivity index (χ3v) is 16.6. The highest BCUT2D eigenvalue weighted by molar-refractivity contribution is 5.62. The van der Waals surface area contributed by atoms with Crippen molar-refractivity contribution in [3.63, 3.8) is 0 Å². The molecule has 12 bridgehead atoms. The van der Waals surface area contributed by atoms with Crippen LogP contribution in [0.5, 0.6) is 46.0 Å². The Kier molecular flexibility index (Phi) is 27.8. The molecule has 15 nitrogen and oxygen atoms in total. The smallest absolute Gasteiger partial charge is 0.129 e. The summed E-state index contributed by atoms with van der Waals surface area (Å²) in [6, 6.07) is 11.8. The number of phenols is 8. The van der Waals surface area contributed by atoms with Crippen molar-refractivity contribution in [3.8, 4) is 46.0 Å². The number of aliphatic hydroxyl groups excluding tert-OH is 1. The third kappa shape index (κ3) is 15.3. The molecule has 6 heterocycles. The van der Waals surface area contributed by atoms with E-state index in [4.69, 9.17) is 5.11 Å². The summed E-state index contributed by atoms with van der Waals surface area (Å²) in [7, 11) is 9.62. The molecule has 6 saturated heterocycles. The zero-order chi connectivity index (χ0) is 49.9. The van der Waals surface area contributed by atoms with Gasteiger partial charge >= 0.3 is 0 Å². The van der Waals surface area contributed by atoms with Crippen LogP contribution in [0, 0.1) is 0 Å². The van der Waals surface area contributed by atoms with E-state index in [1.54, 1.807) is 24.3 Å². The largest absolute Gasteiger partial charge is 1.00 e. The van der Waals surface area contributed by atoms with E-state index in [0.29, 0.717) is 76.8 Å². The van der Waals surface area contributed by atoms with Crippen LogP contribution in [0.3, 0.4) is 0 Å². The van der Waals surface area contributed by atoms with Crippen LogP contribution in [0.2, 0.25) is 0 Å². The van der Waals surface area contributed by atoms with Crippen molar-refractivity contribution >= 4 is 0 Å². The van der Waals surface area contributed by atoms with Gasteiger partial charge in [-0.05, 0) is 56.4 Å². The van der Waals surface area contributed by atoms with Gasteiger partial charge in [0.15, 0.2) is 0 Å². The van der Waals surface area contributed by atoms with Crippen LogP contribution >= 0.6 is 0 Å². The standard InChI is InChI=1S/C36H40O8.2C8H18N2.C3H8O.4BrH.2H2O/c1-5-17-21-9-23(31(39)13-29(21)37)18(6-2)25-11-27(35(43)15-33(25)41)20(8-4)28-12-26(34(42)16-36(28)44)19(7-3)24-10-22(17)30(38)14-32(24)40;2*1-9-3-6-10(2,7-4-9)8-5-9;1-2-3-4;;;;;;/h9-20,37-44H,5-8H2,1-4H3;2*3-8H2,1-2H3;4H,2-3H2,1H3;4*1H;2*1H2/q;2*+2;;;;;;;/p-4. The van der Waals surface area contributed by atoms with E-state index in [1.165, 1.54) is 121 Å². The molecule has 0 saturated carbocycles. The van der Waals surface area contributed by atoms with Crippen molar-refractivity contribution in [2.24, 2.45) is 0 Å². The summed E-state index contributed by atoms with van der Waals surface area (Å²) in [5.41, 5.74) is 3.60. The second-order valence-corrected chi connectivity index (χ2v) is 21.6. The monoisotopic (exact) mass is 1300 g/mol. The Morgan fingerprint density at radius 2 is 0.432 bits per heavy atom. The fourth-order valence-corrected chi connectivity index (χ4v) is 11.3. The van der Waals surface area contributed by atoms with Crippen LogP contribution in [-0.2, 0) is 0 Å². The summed E-state index contributed by atoms with van der Waals surface area (Å²) in [5, 5.41) is 96.6. The van der Waals surface area contributed by atoms with Crippen molar-refractivity contribution in [1.29, 1.82) is 0 Å². The van der Waals surface area contributed by atoms with Gasteiger partial charge in [0.25, 0.3) is 0 Å². The zero-order valence-corrected chi connectivity index (χ0v) is 51.3. The summed E-state index contributed by atoms with van der Waals surface area (Å²) < 4.78 is 5.42. The fraction of sp³-hybridized carbons (Fsp3) is 0.564. The quantitative estimate of drug-likeness (QED) is 0.0865. The fourth-order valence-electron chi connectivity index (χ4n) is 11.3. The lowest BCUT2D eigenvalue weighted by atomic mass is 9.78. The lowest BCUT2D eigenvalue weighted by Gasteiger charge is -2.52. The van der Waals surface area contributed by atoms with Gasteiger partial charge in [-0.15, -0.1) is 0 Å². The number of benzene rings is 4. The van der Waals surface area contributed by atoms with Gasteiger partial charge in [0, 0.05) is 99.1 Å². The Morgan fingerprint density at radius 3 is 0.527 bits per heavy atom. The number of aliphatic hydroxyl groups is 1. The Morgan fingerprint density at radius 1 is 0.311 bits per heavy atom. The van der Waals surface area contributed by atoms with Gasteiger partial charge in [-0.2, -0.15) is 0 Å². The maximum Gasteiger partial charge on any atom is 0.129 e. The maximum atomic E-state index is 11.1. The summed E-state index contributed by atoms with van der Waals surface area (Å²) in [6.07, 6.45) is 2.67. The minimum atomic E-state index is -0.547. The number of aromatic hydroxyl groups is 8. The van der Waals surface area contributed by atoms with E-state index in [9.17, 15) is 40.9 Å².